The monoisotopic (exact) mass is 205 g/mol. The molecule has 0 atom stereocenters. The third kappa shape index (κ3) is 1.68. The largest absolute Gasteiger partial charge is 0.228 e. The predicted octanol–water partition coefficient (Wildman–Crippen LogP) is 3.50. The van der Waals surface area contributed by atoms with Crippen LogP contribution in [0.3, 0.4) is 0 Å². The maximum absolute atomic E-state index is 4.53. The fourth-order valence-electron chi connectivity index (χ4n) is 1.27. The van der Waals surface area contributed by atoms with E-state index in [2.05, 4.69) is 39.9 Å². The van der Waals surface area contributed by atoms with Gasteiger partial charge in [-0.15, -0.1) is 11.3 Å². The molecule has 1 heterocycles. The van der Waals surface area contributed by atoms with Gasteiger partial charge in [0.2, 0.25) is 0 Å². The SMILES string of the molecule is S=C=NCc1csc2ccccc12. The van der Waals surface area contributed by atoms with E-state index in [9.17, 15) is 0 Å². The Hall–Kier alpha value is -1.02. The molecule has 2 rings (SSSR count). The lowest BCUT2D eigenvalue weighted by atomic mass is 10.2. The Morgan fingerprint density at radius 1 is 1.38 bits per heavy atom. The van der Waals surface area contributed by atoms with Crippen molar-refractivity contribution >= 4 is 38.8 Å². The Morgan fingerprint density at radius 3 is 3.08 bits per heavy atom. The Labute approximate surface area is 85.7 Å². The van der Waals surface area contributed by atoms with Crippen LogP contribution in [0.5, 0.6) is 0 Å². The van der Waals surface area contributed by atoms with Crippen LogP contribution in [-0.2, 0) is 6.54 Å². The molecule has 0 N–H and O–H groups in total. The average Bonchev–Trinajstić information content (AvgIpc) is 2.58. The van der Waals surface area contributed by atoms with E-state index in [0.29, 0.717) is 6.54 Å². The zero-order valence-electron chi connectivity index (χ0n) is 6.86. The first kappa shape index (κ1) is 8.57. The van der Waals surface area contributed by atoms with E-state index in [0.717, 1.165) is 0 Å². The number of isothiocyanates is 1. The van der Waals surface area contributed by atoms with Crippen molar-refractivity contribution in [3.8, 4) is 0 Å². The highest BCUT2D eigenvalue weighted by molar-refractivity contribution is 7.78. The summed E-state index contributed by atoms with van der Waals surface area (Å²) < 4.78 is 1.30. The van der Waals surface area contributed by atoms with Crippen molar-refractivity contribution in [2.75, 3.05) is 0 Å². The first-order chi connectivity index (χ1) is 6.42. The van der Waals surface area contributed by atoms with Gasteiger partial charge in [-0.2, -0.15) is 0 Å². The molecule has 0 fully saturated rings. The molecule has 2 aromatic rings. The van der Waals surface area contributed by atoms with E-state index < -0.39 is 0 Å². The Bertz CT molecular complexity index is 466. The number of nitrogens with zero attached hydrogens (tertiary/aromatic N) is 1. The molecule has 0 unspecified atom stereocenters. The molecule has 0 aliphatic heterocycles. The molecule has 13 heavy (non-hydrogen) atoms. The summed E-state index contributed by atoms with van der Waals surface area (Å²) in [5, 5.41) is 5.79. The van der Waals surface area contributed by atoms with E-state index in [1.807, 2.05) is 12.1 Å². The van der Waals surface area contributed by atoms with Gasteiger partial charge in [0.05, 0.1) is 11.7 Å². The van der Waals surface area contributed by atoms with Crippen LogP contribution in [0.2, 0.25) is 0 Å². The van der Waals surface area contributed by atoms with Gasteiger partial charge in [0.15, 0.2) is 0 Å². The Balaban J connectivity index is 2.51. The molecular weight excluding hydrogens is 198 g/mol. The number of thiocarbonyl (C=S) groups is 1. The molecule has 1 aromatic carbocycles. The van der Waals surface area contributed by atoms with E-state index in [1.54, 1.807) is 11.3 Å². The summed E-state index contributed by atoms with van der Waals surface area (Å²) in [5.74, 6) is 0. The summed E-state index contributed by atoms with van der Waals surface area (Å²) in [5.41, 5.74) is 1.23. The van der Waals surface area contributed by atoms with E-state index in [4.69, 9.17) is 0 Å². The molecule has 0 saturated heterocycles. The van der Waals surface area contributed by atoms with Crippen molar-refractivity contribution < 1.29 is 0 Å². The summed E-state index contributed by atoms with van der Waals surface area (Å²) in [6, 6.07) is 8.31. The summed E-state index contributed by atoms with van der Waals surface area (Å²) in [6.07, 6.45) is 0. The molecule has 64 valence electrons. The van der Waals surface area contributed by atoms with Gasteiger partial charge >= 0.3 is 0 Å². The summed E-state index contributed by atoms with van der Waals surface area (Å²) in [7, 11) is 0. The number of fused-ring (bicyclic) bond motifs is 1. The Morgan fingerprint density at radius 2 is 2.23 bits per heavy atom. The molecular formula is C10H7NS2. The van der Waals surface area contributed by atoms with Crippen molar-refractivity contribution in [1.82, 2.24) is 0 Å². The molecule has 0 bridgehead atoms. The summed E-state index contributed by atoms with van der Waals surface area (Å²) in [6.45, 7) is 0.646. The lowest BCUT2D eigenvalue weighted by molar-refractivity contribution is 1.11. The second-order valence-electron chi connectivity index (χ2n) is 2.66. The fourth-order valence-corrected chi connectivity index (χ4v) is 2.29. The molecule has 1 nitrogen and oxygen atoms in total. The van der Waals surface area contributed by atoms with Crippen LogP contribution < -0.4 is 0 Å². The molecule has 0 amide bonds. The first-order valence-electron chi connectivity index (χ1n) is 3.90. The van der Waals surface area contributed by atoms with Crippen LogP contribution >= 0.6 is 23.6 Å². The smallest absolute Gasteiger partial charge is 0.0757 e. The maximum Gasteiger partial charge on any atom is 0.0757 e. The average molecular weight is 205 g/mol. The number of rotatable bonds is 2. The number of hydrogen-bond acceptors (Lipinski definition) is 3. The van der Waals surface area contributed by atoms with Crippen molar-refractivity contribution in [3.05, 3.63) is 35.2 Å². The molecule has 0 aliphatic rings. The number of hydrogen-bond donors (Lipinski definition) is 0. The number of benzene rings is 1. The topological polar surface area (TPSA) is 12.4 Å². The van der Waals surface area contributed by atoms with Crippen LogP contribution in [0.1, 0.15) is 5.56 Å². The molecule has 3 heteroatoms. The van der Waals surface area contributed by atoms with Gasteiger partial charge in [0.1, 0.15) is 0 Å². The van der Waals surface area contributed by atoms with Crippen molar-refractivity contribution in [2.45, 2.75) is 6.54 Å². The van der Waals surface area contributed by atoms with Crippen molar-refractivity contribution in [2.24, 2.45) is 4.99 Å². The van der Waals surface area contributed by atoms with Gasteiger partial charge in [-0.3, -0.25) is 0 Å². The summed E-state index contributed by atoms with van der Waals surface area (Å²) >= 11 is 6.28. The zero-order chi connectivity index (χ0) is 9.10. The van der Waals surface area contributed by atoms with Crippen molar-refractivity contribution in [1.29, 1.82) is 0 Å². The van der Waals surface area contributed by atoms with Gasteiger partial charge in [-0.25, -0.2) is 4.99 Å². The minimum atomic E-state index is 0.646. The van der Waals surface area contributed by atoms with Crippen molar-refractivity contribution in [3.63, 3.8) is 0 Å². The standard InChI is InChI=1S/C10H7NS2/c12-7-11-5-8-6-13-10-4-2-1-3-9(8)10/h1-4,6H,5H2. The predicted molar refractivity (Wildman–Crippen MR) is 60.6 cm³/mol. The highest BCUT2D eigenvalue weighted by Gasteiger charge is 2.00. The minimum absolute atomic E-state index is 0.646. The van der Waals surface area contributed by atoms with Crippen LogP contribution in [0.15, 0.2) is 34.6 Å². The molecule has 0 aliphatic carbocycles. The molecule has 0 saturated carbocycles. The second kappa shape index (κ2) is 3.79. The first-order valence-corrected chi connectivity index (χ1v) is 5.19. The minimum Gasteiger partial charge on any atom is -0.228 e. The lowest BCUT2D eigenvalue weighted by Gasteiger charge is -1.91. The van der Waals surface area contributed by atoms with Crippen LogP contribution in [0, 0.1) is 0 Å². The maximum atomic E-state index is 4.53. The quantitative estimate of drug-likeness (QED) is 0.540. The summed E-state index contributed by atoms with van der Waals surface area (Å²) in [4.78, 5) is 3.94. The van der Waals surface area contributed by atoms with E-state index in [1.165, 1.54) is 15.6 Å². The zero-order valence-corrected chi connectivity index (χ0v) is 8.49. The van der Waals surface area contributed by atoms with Gasteiger partial charge in [-0.1, -0.05) is 18.2 Å². The third-order valence-electron chi connectivity index (χ3n) is 1.88. The van der Waals surface area contributed by atoms with Gasteiger partial charge in [0.25, 0.3) is 0 Å². The third-order valence-corrected chi connectivity index (χ3v) is 3.02. The highest BCUT2D eigenvalue weighted by Crippen LogP contribution is 2.25. The van der Waals surface area contributed by atoms with Gasteiger partial charge < -0.3 is 0 Å². The number of aliphatic imine (C=N–C) groups is 1. The van der Waals surface area contributed by atoms with E-state index in [-0.39, 0.29) is 0 Å². The normalized spacial score (nSPS) is 9.85. The molecule has 0 radical (unpaired) electrons. The van der Waals surface area contributed by atoms with Crippen LogP contribution in [-0.4, -0.2) is 5.16 Å². The van der Waals surface area contributed by atoms with Crippen LogP contribution in [0.25, 0.3) is 10.1 Å². The fraction of sp³-hybridized carbons (Fsp3) is 0.100. The lowest BCUT2D eigenvalue weighted by Crippen LogP contribution is -1.75. The number of thiophene rings is 1. The van der Waals surface area contributed by atoms with Gasteiger partial charge in [-0.05, 0) is 34.6 Å². The molecule has 0 spiro atoms. The second-order valence-corrected chi connectivity index (χ2v) is 3.76. The highest BCUT2D eigenvalue weighted by atomic mass is 32.1. The van der Waals surface area contributed by atoms with E-state index >= 15 is 0 Å². The Kier molecular flexibility index (Phi) is 2.50. The van der Waals surface area contributed by atoms with Gasteiger partial charge in [0, 0.05) is 4.70 Å². The van der Waals surface area contributed by atoms with Crippen LogP contribution in [0.4, 0.5) is 0 Å². The molecule has 1 aromatic heterocycles.